The van der Waals surface area contributed by atoms with E-state index in [0.717, 1.165) is 11.8 Å². The van der Waals surface area contributed by atoms with Crippen LogP contribution in [0.5, 0.6) is 11.6 Å². The molecule has 0 radical (unpaired) electrons. The number of carbonyl (C=O) groups is 1. The largest absolute Gasteiger partial charge is 0.438 e. The molecule has 152 valence electrons. The van der Waals surface area contributed by atoms with E-state index in [0.29, 0.717) is 22.6 Å². The Morgan fingerprint density at radius 2 is 1.87 bits per heavy atom. The second-order valence-corrected chi connectivity index (χ2v) is 8.77. The Morgan fingerprint density at radius 1 is 1.10 bits per heavy atom. The molecule has 1 aromatic heterocycles. The number of hydrogen-bond donors (Lipinski definition) is 1. The predicted octanol–water partition coefficient (Wildman–Crippen LogP) is 4.02. The number of pyridine rings is 1. The molecular formula is C22H19N3O4S. The lowest BCUT2D eigenvalue weighted by molar-refractivity contribution is 0.102. The maximum Gasteiger partial charge on any atom is 0.255 e. The molecule has 1 heterocycles. The second kappa shape index (κ2) is 8.35. The van der Waals surface area contributed by atoms with Crippen LogP contribution < -0.4 is 10.1 Å². The van der Waals surface area contributed by atoms with Crippen molar-refractivity contribution in [3.63, 3.8) is 0 Å². The van der Waals surface area contributed by atoms with Crippen LogP contribution in [0.2, 0.25) is 0 Å². The summed E-state index contributed by atoms with van der Waals surface area (Å²) in [5, 5.41) is 11.9. The van der Waals surface area contributed by atoms with Gasteiger partial charge in [-0.25, -0.2) is 13.4 Å². The number of rotatable bonds is 5. The van der Waals surface area contributed by atoms with Crippen molar-refractivity contribution in [1.29, 1.82) is 5.26 Å². The number of carbonyl (C=O) groups excluding carboxylic acids is 1. The van der Waals surface area contributed by atoms with Gasteiger partial charge in [-0.3, -0.25) is 4.79 Å². The first kappa shape index (κ1) is 21.0. The van der Waals surface area contributed by atoms with Crippen LogP contribution in [0.15, 0.2) is 59.6 Å². The Labute approximate surface area is 174 Å². The summed E-state index contributed by atoms with van der Waals surface area (Å²) in [7, 11) is -3.42. The molecule has 0 bridgehead atoms. The van der Waals surface area contributed by atoms with E-state index in [1.165, 1.54) is 18.3 Å². The van der Waals surface area contributed by atoms with Gasteiger partial charge in [-0.05, 0) is 67.4 Å². The van der Waals surface area contributed by atoms with E-state index >= 15 is 0 Å². The Kier molecular flexibility index (Phi) is 5.85. The Hall–Kier alpha value is -3.70. The van der Waals surface area contributed by atoms with Crippen molar-refractivity contribution < 1.29 is 17.9 Å². The summed E-state index contributed by atoms with van der Waals surface area (Å²) in [5.74, 6) is 0.256. The summed E-state index contributed by atoms with van der Waals surface area (Å²) >= 11 is 0. The number of sulfone groups is 1. The van der Waals surface area contributed by atoms with E-state index in [1.807, 2.05) is 6.07 Å². The number of anilines is 1. The summed E-state index contributed by atoms with van der Waals surface area (Å²) in [6.45, 7) is 3.54. The Morgan fingerprint density at radius 3 is 2.53 bits per heavy atom. The van der Waals surface area contributed by atoms with Crippen molar-refractivity contribution in [2.75, 3.05) is 11.6 Å². The zero-order chi connectivity index (χ0) is 21.9. The minimum atomic E-state index is -3.42. The van der Waals surface area contributed by atoms with Crippen molar-refractivity contribution >= 4 is 21.4 Å². The van der Waals surface area contributed by atoms with Gasteiger partial charge in [0.25, 0.3) is 5.91 Å². The van der Waals surface area contributed by atoms with Gasteiger partial charge in [0.1, 0.15) is 17.4 Å². The van der Waals surface area contributed by atoms with Crippen molar-refractivity contribution in [3.05, 3.63) is 77.0 Å². The highest BCUT2D eigenvalue weighted by atomic mass is 32.2. The first-order chi connectivity index (χ1) is 14.2. The fourth-order valence-corrected chi connectivity index (χ4v) is 3.42. The topological polar surface area (TPSA) is 109 Å². The SMILES string of the molecule is Cc1cc(Oc2ncccc2C#N)ccc1NC(=O)c1cc(S(C)(=O)=O)ccc1C. The third-order valence-corrected chi connectivity index (χ3v) is 5.54. The van der Waals surface area contributed by atoms with E-state index in [1.54, 1.807) is 50.2 Å². The summed E-state index contributed by atoms with van der Waals surface area (Å²) in [4.78, 5) is 16.9. The molecule has 30 heavy (non-hydrogen) atoms. The van der Waals surface area contributed by atoms with Crippen molar-refractivity contribution in [2.45, 2.75) is 18.7 Å². The molecule has 0 atom stereocenters. The summed E-state index contributed by atoms with van der Waals surface area (Å²) in [6, 6.07) is 14.8. The smallest absolute Gasteiger partial charge is 0.255 e. The molecular weight excluding hydrogens is 402 g/mol. The maximum absolute atomic E-state index is 12.7. The monoisotopic (exact) mass is 421 g/mol. The summed E-state index contributed by atoms with van der Waals surface area (Å²) < 4.78 is 29.3. The van der Waals surface area contributed by atoms with Gasteiger partial charge in [-0.1, -0.05) is 6.07 Å². The minimum absolute atomic E-state index is 0.0855. The Bertz CT molecular complexity index is 1280. The molecule has 0 unspecified atom stereocenters. The van der Waals surface area contributed by atoms with Crippen LogP contribution in [0.25, 0.3) is 0 Å². The fourth-order valence-electron chi connectivity index (χ4n) is 2.77. The minimum Gasteiger partial charge on any atom is -0.438 e. The molecule has 0 fully saturated rings. The molecule has 8 heteroatoms. The van der Waals surface area contributed by atoms with Gasteiger partial charge in [0, 0.05) is 23.7 Å². The molecule has 0 aliphatic heterocycles. The number of nitrogens with zero attached hydrogens (tertiary/aromatic N) is 2. The molecule has 7 nitrogen and oxygen atoms in total. The Balaban J connectivity index is 1.83. The molecule has 1 N–H and O–H groups in total. The van der Waals surface area contributed by atoms with Gasteiger partial charge in [-0.15, -0.1) is 0 Å². The van der Waals surface area contributed by atoms with Crippen LogP contribution in [-0.2, 0) is 9.84 Å². The summed E-state index contributed by atoms with van der Waals surface area (Å²) in [5.41, 5.74) is 2.54. The van der Waals surface area contributed by atoms with Gasteiger partial charge in [-0.2, -0.15) is 5.26 Å². The molecule has 3 aromatic rings. The van der Waals surface area contributed by atoms with Crippen molar-refractivity contribution in [3.8, 4) is 17.7 Å². The second-order valence-electron chi connectivity index (χ2n) is 6.75. The first-order valence-corrected chi connectivity index (χ1v) is 10.8. The first-order valence-electron chi connectivity index (χ1n) is 8.94. The lowest BCUT2D eigenvalue weighted by Crippen LogP contribution is -2.15. The average Bonchev–Trinajstić information content (AvgIpc) is 2.69. The van der Waals surface area contributed by atoms with Gasteiger partial charge in [0.15, 0.2) is 9.84 Å². The van der Waals surface area contributed by atoms with E-state index in [-0.39, 0.29) is 16.3 Å². The van der Waals surface area contributed by atoms with Crippen molar-refractivity contribution in [1.82, 2.24) is 4.98 Å². The molecule has 2 aromatic carbocycles. The predicted molar refractivity (Wildman–Crippen MR) is 112 cm³/mol. The van der Waals surface area contributed by atoms with E-state index in [2.05, 4.69) is 10.3 Å². The van der Waals surface area contributed by atoms with Gasteiger partial charge in [0.05, 0.1) is 4.90 Å². The van der Waals surface area contributed by atoms with Crippen LogP contribution in [-0.4, -0.2) is 25.6 Å². The zero-order valence-electron chi connectivity index (χ0n) is 16.6. The molecule has 0 saturated carbocycles. The maximum atomic E-state index is 12.7. The van der Waals surface area contributed by atoms with Gasteiger partial charge < -0.3 is 10.1 Å². The third-order valence-electron chi connectivity index (χ3n) is 4.43. The number of benzene rings is 2. The number of ether oxygens (including phenoxy) is 1. The fraction of sp³-hybridized carbons (Fsp3) is 0.136. The van der Waals surface area contributed by atoms with E-state index in [9.17, 15) is 13.2 Å². The average molecular weight is 421 g/mol. The highest BCUT2D eigenvalue weighted by Gasteiger charge is 2.16. The van der Waals surface area contributed by atoms with Crippen LogP contribution in [0.1, 0.15) is 27.0 Å². The van der Waals surface area contributed by atoms with Gasteiger partial charge >= 0.3 is 0 Å². The van der Waals surface area contributed by atoms with Crippen molar-refractivity contribution in [2.24, 2.45) is 0 Å². The van der Waals surface area contributed by atoms with Crippen LogP contribution >= 0.6 is 0 Å². The quantitative estimate of drug-likeness (QED) is 0.666. The number of aromatic nitrogens is 1. The third kappa shape index (κ3) is 4.64. The molecule has 3 rings (SSSR count). The number of amides is 1. The zero-order valence-corrected chi connectivity index (χ0v) is 17.4. The van der Waals surface area contributed by atoms with Crippen LogP contribution in [0.3, 0.4) is 0 Å². The lowest BCUT2D eigenvalue weighted by Gasteiger charge is -2.13. The number of hydrogen-bond acceptors (Lipinski definition) is 6. The molecule has 0 aliphatic rings. The number of nitriles is 1. The molecule has 0 aliphatic carbocycles. The van der Waals surface area contributed by atoms with Gasteiger partial charge in [0.2, 0.25) is 5.88 Å². The van der Waals surface area contributed by atoms with E-state index < -0.39 is 15.7 Å². The molecule has 0 saturated heterocycles. The normalized spacial score (nSPS) is 10.9. The number of aryl methyl sites for hydroxylation is 2. The summed E-state index contributed by atoms with van der Waals surface area (Å²) in [6.07, 6.45) is 2.63. The molecule has 0 spiro atoms. The molecule has 1 amide bonds. The standard InChI is InChI=1S/C22H19N3O4S/c1-14-6-8-18(30(3,27)28)12-19(14)21(26)25-20-9-7-17(11-15(20)2)29-22-16(13-23)5-4-10-24-22/h4-12H,1-3H3,(H,25,26). The highest BCUT2D eigenvalue weighted by Crippen LogP contribution is 2.27. The lowest BCUT2D eigenvalue weighted by atomic mass is 10.1. The number of nitrogens with one attached hydrogen (secondary N) is 1. The van der Waals surface area contributed by atoms with Crippen LogP contribution in [0, 0.1) is 25.2 Å². The van der Waals surface area contributed by atoms with Crippen LogP contribution in [0.4, 0.5) is 5.69 Å². The highest BCUT2D eigenvalue weighted by molar-refractivity contribution is 7.90. The van der Waals surface area contributed by atoms with E-state index in [4.69, 9.17) is 10.00 Å².